The Morgan fingerprint density at radius 1 is 0.865 bits per heavy atom. The monoisotopic (exact) mass is 1030 g/mol. The molecule has 1 saturated heterocycles. The van der Waals surface area contributed by atoms with Crippen molar-refractivity contribution in [2.75, 3.05) is 46.4 Å². The van der Waals surface area contributed by atoms with Gasteiger partial charge in [-0.2, -0.15) is 8.78 Å². The number of nitrogens with two attached hydrogens (primary N) is 5. The van der Waals surface area contributed by atoms with E-state index in [0.717, 1.165) is 66.2 Å². The molecule has 2 saturated carbocycles. The van der Waals surface area contributed by atoms with E-state index in [1.807, 2.05) is 67.7 Å². The summed E-state index contributed by atoms with van der Waals surface area (Å²) < 4.78 is 54.6. The molecule has 12 N–H and O–H groups in total. The van der Waals surface area contributed by atoms with Gasteiger partial charge in [0.25, 0.3) is 0 Å². The first kappa shape index (κ1) is 57.9. The van der Waals surface area contributed by atoms with E-state index in [9.17, 15) is 27.6 Å². The molecule has 3 amide bonds. The molecule has 3 aromatic rings. The number of rotatable bonds is 24. The number of amides is 3. The van der Waals surface area contributed by atoms with Gasteiger partial charge in [0.2, 0.25) is 41.9 Å². The number of primary amides is 1. The minimum Gasteiger partial charge on any atom is -0.475 e. The Labute approximate surface area is 431 Å². The molecule has 1 aliphatic heterocycles. The summed E-state index contributed by atoms with van der Waals surface area (Å²) in [6.45, 7) is 4.68. The standard InChI is InChI=1S/C30H44F2N8O4.C22H26FN3O.CH3NO/c1-20-2-4-21(5-3-20)24(26-11-10-25(22-6-7-22)30(32)38-26)9-8-23(31)16-37-29(42)19-40(36)18-28(34)44-15-14-43-27(33)17-39(35)12-13-41;1-14-12-19(26(2)13-14)22(27)25-20(16-6-4-3-5-7-16)18-11-10-17(15-8-9-15)21(23)24-18;2-1-3/h2,4-5,10-11,13,17-18,20,22-24H,3,6-9,12,14-16,19,33-36H2,1H3,(H,37,42);3-7,10-11,14-15,19-20H,8-9,12-13H2,1-2H3,(H,25,27);1H,(H2,2,3)/b27-17+,28-18+;;/t;14-,19?,20+;/m.1./s1. The number of hydrogen-bond donors (Lipinski definition) is 7. The molecule has 74 heavy (non-hydrogen) atoms. The number of benzene rings is 1. The van der Waals surface area contributed by atoms with Crippen LogP contribution in [-0.2, 0) is 28.7 Å². The topological polar surface area (TPSA) is 276 Å². The molecule has 3 aliphatic carbocycles. The predicted molar refractivity (Wildman–Crippen MR) is 274 cm³/mol. The SMILES string of the molecule is CC1C=CC(C(CCC(F)CNC(=O)CN(N)/C=C(\N)OCCO/C(N)=C/N(N)CC=O)c2ccc(C3CC3)c(F)n2)=CC1.C[C@@H]1CC(C(=O)N[C@@H](c2ccccc2)c2ccc(C3CC3)c(F)n2)N(C)C1.NC=O. The Balaban J connectivity index is 0.000000286. The third-order valence-electron chi connectivity index (χ3n) is 12.8. The number of allylic oxidation sites excluding steroid dienone is 4. The number of carbonyl (C=O) groups excluding carboxylic acids is 4. The number of carbonyl (C=O) groups is 4. The fraction of sp³-hybridized carbons (Fsp3) is 0.472. The Bertz CT molecular complexity index is 2440. The van der Waals surface area contributed by atoms with Crippen LogP contribution in [0.25, 0.3) is 0 Å². The number of nitrogens with zero attached hydrogens (tertiary/aromatic N) is 5. The molecule has 6 atom stereocenters. The molecule has 2 aromatic heterocycles. The average Bonchev–Trinajstić information content (AvgIpc) is 4.31. The van der Waals surface area contributed by atoms with Crippen LogP contribution in [0.1, 0.15) is 117 Å². The van der Waals surface area contributed by atoms with Gasteiger partial charge >= 0.3 is 0 Å². The van der Waals surface area contributed by atoms with Crippen LogP contribution in [0.15, 0.2) is 103 Å². The summed E-state index contributed by atoms with van der Waals surface area (Å²) in [6, 6.07) is 16.4. The summed E-state index contributed by atoms with van der Waals surface area (Å²) >= 11 is 0. The molecule has 4 unspecified atom stereocenters. The summed E-state index contributed by atoms with van der Waals surface area (Å²) in [4.78, 5) is 54.8. The molecule has 18 nitrogen and oxygen atoms in total. The Morgan fingerprint density at radius 2 is 1.45 bits per heavy atom. The second-order valence-corrected chi connectivity index (χ2v) is 19.2. The highest BCUT2D eigenvalue weighted by atomic mass is 19.1. The molecule has 21 heteroatoms. The first-order valence-electron chi connectivity index (χ1n) is 25.0. The van der Waals surface area contributed by atoms with Gasteiger partial charge in [-0.15, -0.1) is 0 Å². The van der Waals surface area contributed by atoms with Crippen molar-refractivity contribution in [3.8, 4) is 0 Å². The van der Waals surface area contributed by atoms with Crippen molar-refractivity contribution in [3.05, 3.63) is 143 Å². The van der Waals surface area contributed by atoms with Gasteiger partial charge in [0.15, 0.2) is 0 Å². The van der Waals surface area contributed by atoms with Crippen molar-refractivity contribution >= 4 is 24.5 Å². The number of pyridine rings is 2. The van der Waals surface area contributed by atoms with E-state index in [-0.39, 0.29) is 81.2 Å². The summed E-state index contributed by atoms with van der Waals surface area (Å²) in [7, 11) is 1.98. The maximum Gasteiger partial charge on any atom is 0.241 e. The molecular formula is C53H73F3N12O6. The maximum atomic E-state index is 14.9. The van der Waals surface area contributed by atoms with Crippen LogP contribution in [-0.4, -0.2) is 108 Å². The van der Waals surface area contributed by atoms with Gasteiger partial charge < -0.3 is 52.1 Å². The van der Waals surface area contributed by atoms with E-state index in [0.29, 0.717) is 53.0 Å². The van der Waals surface area contributed by atoms with Crippen molar-refractivity contribution in [1.82, 2.24) is 35.5 Å². The minimum atomic E-state index is -1.33. The molecule has 3 heterocycles. The quantitative estimate of drug-likeness (QED) is 0.0159. The predicted octanol–water partition coefficient (Wildman–Crippen LogP) is 4.78. The van der Waals surface area contributed by atoms with E-state index in [1.165, 1.54) is 12.4 Å². The molecule has 0 spiro atoms. The Morgan fingerprint density at radius 3 is 1.97 bits per heavy atom. The lowest BCUT2D eigenvalue weighted by atomic mass is 9.84. The summed E-state index contributed by atoms with van der Waals surface area (Å²) in [6.07, 6.45) is 14.5. The zero-order valence-corrected chi connectivity index (χ0v) is 42.5. The van der Waals surface area contributed by atoms with E-state index < -0.39 is 30.0 Å². The fourth-order valence-corrected chi connectivity index (χ4v) is 8.73. The van der Waals surface area contributed by atoms with Crippen LogP contribution in [0.5, 0.6) is 0 Å². The summed E-state index contributed by atoms with van der Waals surface area (Å²) in [5, 5.41) is 7.71. The molecule has 0 radical (unpaired) electrons. The third kappa shape index (κ3) is 18.8. The molecule has 0 bridgehead atoms. The number of aldehydes is 1. The maximum absolute atomic E-state index is 14.9. The van der Waals surface area contributed by atoms with Crippen LogP contribution in [0.2, 0.25) is 0 Å². The van der Waals surface area contributed by atoms with Gasteiger partial charge in [-0.25, -0.2) is 26.0 Å². The number of hydrogen-bond acceptors (Lipinski definition) is 15. The Kier molecular flexibility index (Phi) is 22.7. The largest absolute Gasteiger partial charge is 0.475 e. The lowest BCUT2D eigenvalue weighted by Crippen LogP contribution is -2.43. The fourth-order valence-electron chi connectivity index (χ4n) is 8.73. The molecule has 3 fully saturated rings. The molecule has 402 valence electrons. The molecule has 7 rings (SSSR count). The number of hydrazine groups is 2. The summed E-state index contributed by atoms with van der Waals surface area (Å²) in [5.41, 5.74) is 19.9. The lowest BCUT2D eigenvalue weighted by Gasteiger charge is -2.24. The van der Waals surface area contributed by atoms with Crippen molar-refractivity contribution in [3.63, 3.8) is 0 Å². The number of ether oxygens (including phenoxy) is 2. The first-order valence-corrected chi connectivity index (χ1v) is 25.0. The van der Waals surface area contributed by atoms with E-state index in [2.05, 4.69) is 57.2 Å². The van der Waals surface area contributed by atoms with Gasteiger partial charge in [-0.05, 0) is 105 Å². The van der Waals surface area contributed by atoms with Crippen LogP contribution in [0, 0.1) is 23.7 Å². The van der Waals surface area contributed by atoms with Crippen molar-refractivity contribution in [2.45, 2.75) is 101 Å². The normalized spacial score (nSPS) is 19.7. The molecular weight excluding hydrogens is 958 g/mol. The average molecular weight is 1030 g/mol. The van der Waals surface area contributed by atoms with E-state index in [4.69, 9.17) is 37.4 Å². The van der Waals surface area contributed by atoms with Crippen LogP contribution in [0.3, 0.4) is 0 Å². The smallest absolute Gasteiger partial charge is 0.241 e. The molecule has 1 aromatic carbocycles. The van der Waals surface area contributed by atoms with Crippen LogP contribution < -0.4 is 39.5 Å². The second kappa shape index (κ2) is 29.1. The van der Waals surface area contributed by atoms with Crippen LogP contribution in [0.4, 0.5) is 13.2 Å². The number of nitrogens with one attached hydrogen (secondary N) is 2. The molecule has 4 aliphatic rings. The third-order valence-corrected chi connectivity index (χ3v) is 12.8. The highest BCUT2D eigenvalue weighted by Gasteiger charge is 2.35. The van der Waals surface area contributed by atoms with E-state index in [1.54, 1.807) is 0 Å². The number of aromatic nitrogens is 2. The minimum absolute atomic E-state index is 0.0121. The van der Waals surface area contributed by atoms with Gasteiger partial charge in [0.1, 0.15) is 32.2 Å². The second-order valence-electron chi connectivity index (χ2n) is 19.2. The number of likely N-dealkylation sites (N-methyl/N-ethyl adjacent to an activating group) is 1. The first-order chi connectivity index (χ1) is 35.5. The van der Waals surface area contributed by atoms with E-state index >= 15 is 0 Å². The summed E-state index contributed by atoms with van der Waals surface area (Å²) in [5.74, 6) is 11.0. The number of halogens is 3. The van der Waals surface area contributed by atoms with Gasteiger partial charge in [0, 0.05) is 30.1 Å². The zero-order valence-electron chi connectivity index (χ0n) is 42.5. The highest BCUT2D eigenvalue weighted by Crippen LogP contribution is 2.43. The Hall–Kier alpha value is -6.97. The zero-order chi connectivity index (χ0) is 53.7. The van der Waals surface area contributed by atoms with Crippen molar-refractivity contribution < 1.29 is 41.8 Å². The van der Waals surface area contributed by atoms with Gasteiger partial charge in [0.05, 0.1) is 42.4 Å². The van der Waals surface area contributed by atoms with Crippen molar-refractivity contribution in [2.24, 2.45) is 40.7 Å². The number of alkyl halides is 1. The number of likely N-dealkylation sites (tertiary alicyclic amines) is 1. The highest BCUT2D eigenvalue weighted by molar-refractivity contribution is 5.83. The van der Waals surface area contributed by atoms with Gasteiger partial charge in [-0.3, -0.25) is 19.3 Å². The lowest BCUT2D eigenvalue weighted by molar-refractivity contribution is -0.125. The van der Waals surface area contributed by atoms with Crippen molar-refractivity contribution in [1.29, 1.82) is 0 Å². The van der Waals surface area contributed by atoms with Gasteiger partial charge in [-0.1, -0.05) is 74.5 Å². The van der Waals surface area contributed by atoms with Crippen LogP contribution >= 0.6 is 0 Å².